The lowest BCUT2D eigenvalue weighted by molar-refractivity contribution is 0.481. The van der Waals surface area contributed by atoms with E-state index in [2.05, 4.69) is 5.10 Å². The second-order valence-electron chi connectivity index (χ2n) is 4.35. The standard InChI is InChI=1S/C13H17N3O2S/c14-12-9-15-16(10-12)13(7-4-8-19(17)18)11-5-2-1-3-6-11/h1-3,5-6,9-10,13H,4,7-8,14H2,(H,17,18). The number of anilines is 1. The van der Waals surface area contributed by atoms with Crippen LogP contribution in [0.2, 0.25) is 0 Å². The minimum Gasteiger partial charge on any atom is -0.396 e. The molecule has 0 spiro atoms. The van der Waals surface area contributed by atoms with E-state index in [-0.39, 0.29) is 11.8 Å². The van der Waals surface area contributed by atoms with Gasteiger partial charge in [0, 0.05) is 11.9 Å². The summed E-state index contributed by atoms with van der Waals surface area (Å²) in [5.74, 6) is 0.278. The number of benzene rings is 1. The molecule has 0 aliphatic rings. The molecular formula is C13H17N3O2S. The van der Waals surface area contributed by atoms with E-state index in [1.165, 1.54) is 0 Å². The molecule has 0 saturated carbocycles. The predicted octanol–water partition coefficient (Wildman–Crippen LogP) is 2.06. The SMILES string of the molecule is Nc1cnn(C(CCCS(=O)O)c2ccccc2)c1. The lowest BCUT2D eigenvalue weighted by atomic mass is 10.0. The normalized spacial score (nSPS) is 14.2. The van der Waals surface area contributed by atoms with Crippen LogP contribution in [0.5, 0.6) is 0 Å². The average molecular weight is 279 g/mol. The van der Waals surface area contributed by atoms with Gasteiger partial charge >= 0.3 is 0 Å². The van der Waals surface area contributed by atoms with Crippen LogP contribution < -0.4 is 5.73 Å². The lowest BCUT2D eigenvalue weighted by Gasteiger charge is -2.17. The maximum atomic E-state index is 10.7. The number of nitrogens with zero attached hydrogens (tertiary/aromatic N) is 2. The van der Waals surface area contributed by atoms with Crippen molar-refractivity contribution in [1.29, 1.82) is 0 Å². The van der Waals surface area contributed by atoms with Crippen molar-refractivity contribution in [2.24, 2.45) is 0 Å². The largest absolute Gasteiger partial charge is 0.396 e. The zero-order valence-corrected chi connectivity index (χ0v) is 11.3. The Kier molecular flexibility index (Phi) is 4.70. The molecule has 6 heteroatoms. The Morgan fingerprint density at radius 1 is 1.37 bits per heavy atom. The molecule has 0 fully saturated rings. The van der Waals surface area contributed by atoms with Crippen molar-refractivity contribution >= 4 is 16.8 Å². The lowest BCUT2D eigenvalue weighted by Crippen LogP contribution is -2.12. The molecule has 0 bridgehead atoms. The van der Waals surface area contributed by atoms with Gasteiger partial charge in [0.05, 0.1) is 17.9 Å². The van der Waals surface area contributed by atoms with E-state index in [9.17, 15) is 4.21 Å². The van der Waals surface area contributed by atoms with Gasteiger partial charge in [-0.25, -0.2) is 4.21 Å². The molecule has 2 unspecified atom stereocenters. The molecule has 0 radical (unpaired) electrons. The third kappa shape index (κ3) is 3.90. The first-order valence-electron chi connectivity index (χ1n) is 6.09. The maximum absolute atomic E-state index is 10.7. The van der Waals surface area contributed by atoms with Gasteiger partial charge in [-0.2, -0.15) is 5.10 Å². The van der Waals surface area contributed by atoms with Crippen molar-refractivity contribution in [3.05, 3.63) is 48.3 Å². The summed E-state index contributed by atoms with van der Waals surface area (Å²) >= 11 is -1.74. The highest BCUT2D eigenvalue weighted by Gasteiger charge is 2.14. The number of hydrogen-bond acceptors (Lipinski definition) is 3. The van der Waals surface area contributed by atoms with Crippen molar-refractivity contribution in [3.8, 4) is 0 Å². The number of nitrogen functional groups attached to an aromatic ring is 1. The van der Waals surface area contributed by atoms with Gasteiger partial charge in [0.1, 0.15) is 0 Å². The van der Waals surface area contributed by atoms with Gasteiger partial charge in [-0.05, 0) is 18.4 Å². The molecule has 0 aliphatic heterocycles. The second-order valence-corrected chi connectivity index (χ2v) is 5.40. The molecule has 2 aromatic rings. The summed E-state index contributed by atoms with van der Waals surface area (Å²) in [6, 6.07) is 10.00. The van der Waals surface area contributed by atoms with Gasteiger partial charge in [-0.15, -0.1) is 0 Å². The van der Waals surface area contributed by atoms with E-state index in [1.807, 2.05) is 35.0 Å². The molecule has 1 aromatic heterocycles. The number of aromatic nitrogens is 2. The Balaban J connectivity index is 2.16. The van der Waals surface area contributed by atoms with E-state index in [1.54, 1.807) is 12.4 Å². The van der Waals surface area contributed by atoms with Crippen molar-refractivity contribution in [3.63, 3.8) is 0 Å². The van der Waals surface area contributed by atoms with Crippen LogP contribution in [0, 0.1) is 0 Å². The molecule has 3 N–H and O–H groups in total. The molecule has 5 nitrogen and oxygen atoms in total. The fourth-order valence-corrected chi connectivity index (χ4v) is 2.46. The number of hydrogen-bond donors (Lipinski definition) is 2. The highest BCUT2D eigenvalue weighted by atomic mass is 32.2. The Morgan fingerprint density at radius 2 is 2.11 bits per heavy atom. The zero-order chi connectivity index (χ0) is 13.7. The molecular weight excluding hydrogens is 262 g/mol. The molecule has 0 amide bonds. The van der Waals surface area contributed by atoms with E-state index in [4.69, 9.17) is 10.3 Å². The summed E-state index contributed by atoms with van der Waals surface area (Å²) in [7, 11) is 0. The van der Waals surface area contributed by atoms with Gasteiger partial charge in [-0.3, -0.25) is 4.68 Å². The molecule has 0 aliphatic carbocycles. The first-order chi connectivity index (χ1) is 9.16. The quantitative estimate of drug-likeness (QED) is 0.793. The Morgan fingerprint density at radius 3 is 2.68 bits per heavy atom. The molecule has 19 heavy (non-hydrogen) atoms. The average Bonchev–Trinajstić information content (AvgIpc) is 2.82. The van der Waals surface area contributed by atoms with Gasteiger partial charge in [0.2, 0.25) is 0 Å². The number of nitrogens with two attached hydrogens (primary N) is 1. The molecule has 0 saturated heterocycles. The van der Waals surface area contributed by atoms with Crippen LogP contribution in [0.15, 0.2) is 42.7 Å². The van der Waals surface area contributed by atoms with E-state index >= 15 is 0 Å². The highest BCUT2D eigenvalue weighted by molar-refractivity contribution is 7.79. The zero-order valence-electron chi connectivity index (χ0n) is 10.5. The van der Waals surface area contributed by atoms with E-state index < -0.39 is 11.1 Å². The number of rotatable bonds is 6. The highest BCUT2D eigenvalue weighted by Crippen LogP contribution is 2.23. The Bertz CT molecular complexity index is 542. The Labute approximate surface area is 114 Å². The topological polar surface area (TPSA) is 81.1 Å². The smallest absolute Gasteiger partial charge is 0.152 e. The summed E-state index contributed by atoms with van der Waals surface area (Å²) in [5.41, 5.74) is 7.44. The second kappa shape index (κ2) is 6.49. The fourth-order valence-electron chi connectivity index (χ4n) is 2.05. The van der Waals surface area contributed by atoms with Gasteiger partial charge in [0.25, 0.3) is 0 Å². The summed E-state index contributed by atoms with van der Waals surface area (Å²) in [6.07, 6.45) is 4.80. The summed E-state index contributed by atoms with van der Waals surface area (Å²) in [5, 5.41) is 4.24. The van der Waals surface area contributed by atoms with Crippen LogP contribution in [0.25, 0.3) is 0 Å². The van der Waals surface area contributed by atoms with Gasteiger partial charge in [-0.1, -0.05) is 30.3 Å². The minimum absolute atomic E-state index is 0.0436. The molecule has 2 rings (SSSR count). The van der Waals surface area contributed by atoms with Gasteiger partial charge < -0.3 is 10.3 Å². The minimum atomic E-state index is -1.74. The van der Waals surface area contributed by atoms with Crippen molar-refractivity contribution in [1.82, 2.24) is 9.78 Å². The van der Waals surface area contributed by atoms with Crippen LogP contribution in [-0.2, 0) is 11.1 Å². The molecule has 1 heterocycles. The first-order valence-corrected chi connectivity index (χ1v) is 7.36. The van der Waals surface area contributed by atoms with Crippen LogP contribution in [0.4, 0.5) is 5.69 Å². The van der Waals surface area contributed by atoms with Crippen molar-refractivity contribution in [2.45, 2.75) is 18.9 Å². The van der Waals surface area contributed by atoms with Crippen LogP contribution in [0.1, 0.15) is 24.4 Å². The summed E-state index contributed by atoms with van der Waals surface area (Å²) in [4.78, 5) is 0. The van der Waals surface area contributed by atoms with E-state index in [0.717, 1.165) is 12.0 Å². The van der Waals surface area contributed by atoms with Crippen LogP contribution >= 0.6 is 0 Å². The fraction of sp³-hybridized carbons (Fsp3) is 0.308. The third-order valence-electron chi connectivity index (χ3n) is 2.92. The monoisotopic (exact) mass is 279 g/mol. The van der Waals surface area contributed by atoms with Gasteiger partial charge in [0.15, 0.2) is 11.1 Å². The van der Waals surface area contributed by atoms with Crippen LogP contribution in [-0.4, -0.2) is 24.3 Å². The van der Waals surface area contributed by atoms with Crippen molar-refractivity contribution in [2.75, 3.05) is 11.5 Å². The third-order valence-corrected chi connectivity index (χ3v) is 3.56. The Hall–Kier alpha value is -1.66. The molecule has 1 aromatic carbocycles. The van der Waals surface area contributed by atoms with Crippen molar-refractivity contribution < 1.29 is 8.76 Å². The first kappa shape index (κ1) is 13.8. The molecule has 102 valence electrons. The maximum Gasteiger partial charge on any atom is 0.152 e. The summed E-state index contributed by atoms with van der Waals surface area (Å²) in [6.45, 7) is 0. The van der Waals surface area contributed by atoms with E-state index in [0.29, 0.717) is 12.1 Å². The predicted molar refractivity (Wildman–Crippen MR) is 76.1 cm³/mol. The summed E-state index contributed by atoms with van der Waals surface area (Å²) < 4.78 is 21.4. The molecule has 2 atom stereocenters. The van der Waals surface area contributed by atoms with Crippen LogP contribution in [0.3, 0.4) is 0 Å².